The zero-order valence-electron chi connectivity index (χ0n) is 9.30. The summed E-state index contributed by atoms with van der Waals surface area (Å²) in [5.74, 6) is -0.730. The standard InChI is InChI=1S/C12H14ClFN2O/c13-9-3-4-11(10(14)6-9)16-12(17)8-2-1-5-15-7-8/h3-4,6,8,15H,1-2,5,7H2,(H,16,17)/t8-/m1/s1. The summed E-state index contributed by atoms with van der Waals surface area (Å²) >= 11 is 5.64. The van der Waals surface area contributed by atoms with Gasteiger partial charge >= 0.3 is 0 Å². The summed E-state index contributed by atoms with van der Waals surface area (Å²) in [4.78, 5) is 11.9. The molecule has 17 heavy (non-hydrogen) atoms. The van der Waals surface area contributed by atoms with Gasteiger partial charge in [0.2, 0.25) is 5.91 Å². The zero-order chi connectivity index (χ0) is 12.3. The maximum atomic E-state index is 13.5. The number of rotatable bonds is 2. The van der Waals surface area contributed by atoms with Gasteiger partial charge in [-0.25, -0.2) is 4.39 Å². The van der Waals surface area contributed by atoms with Gasteiger partial charge in [-0.05, 0) is 37.6 Å². The molecule has 0 aromatic heterocycles. The number of carbonyl (C=O) groups excluding carboxylic acids is 1. The molecule has 1 amide bonds. The molecule has 1 aromatic rings. The van der Waals surface area contributed by atoms with Crippen LogP contribution >= 0.6 is 11.6 Å². The van der Waals surface area contributed by atoms with Crippen LogP contribution in [0, 0.1) is 11.7 Å². The third kappa shape index (κ3) is 3.17. The van der Waals surface area contributed by atoms with Gasteiger partial charge in [0.05, 0.1) is 11.6 Å². The minimum absolute atomic E-state index is 0.0844. The molecule has 0 radical (unpaired) electrons. The second-order valence-corrected chi connectivity index (χ2v) is 4.59. The van der Waals surface area contributed by atoms with Crippen molar-refractivity contribution in [3.8, 4) is 0 Å². The highest BCUT2D eigenvalue weighted by Crippen LogP contribution is 2.20. The van der Waals surface area contributed by atoms with Crippen LogP contribution in [0.4, 0.5) is 10.1 Å². The van der Waals surface area contributed by atoms with Gasteiger partial charge in [-0.3, -0.25) is 4.79 Å². The Hall–Kier alpha value is -1.13. The second kappa shape index (κ2) is 5.47. The van der Waals surface area contributed by atoms with Crippen molar-refractivity contribution in [2.75, 3.05) is 18.4 Å². The number of carbonyl (C=O) groups is 1. The van der Waals surface area contributed by atoms with Crippen molar-refractivity contribution in [3.05, 3.63) is 29.0 Å². The Bertz CT molecular complexity index is 419. The molecule has 0 unspecified atom stereocenters. The largest absolute Gasteiger partial charge is 0.323 e. The van der Waals surface area contributed by atoms with E-state index < -0.39 is 5.82 Å². The number of nitrogens with one attached hydrogen (secondary N) is 2. The van der Waals surface area contributed by atoms with Gasteiger partial charge in [-0.15, -0.1) is 0 Å². The Morgan fingerprint density at radius 2 is 2.35 bits per heavy atom. The lowest BCUT2D eigenvalue weighted by atomic mass is 9.99. The summed E-state index contributed by atoms with van der Waals surface area (Å²) in [5.41, 5.74) is 0.185. The molecule has 2 rings (SSSR count). The molecular weight excluding hydrogens is 243 g/mol. The van der Waals surface area contributed by atoms with Crippen LogP contribution in [0.5, 0.6) is 0 Å². The number of hydrogen-bond donors (Lipinski definition) is 2. The molecule has 1 atom stereocenters. The van der Waals surface area contributed by atoms with E-state index in [9.17, 15) is 9.18 Å². The van der Waals surface area contributed by atoms with Crippen LogP contribution in [0.2, 0.25) is 5.02 Å². The summed E-state index contributed by atoms with van der Waals surface area (Å²) in [6, 6.07) is 4.22. The van der Waals surface area contributed by atoms with Gasteiger partial charge < -0.3 is 10.6 Å². The first kappa shape index (κ1) is 12.3. The van der Waals surface area contributed by atoms with Crippen LogP contribution in [-0.2, 0) is 4.79 Å². The van der Waals surface area contributed by atoms with Crippen LogP contribution in [0.3, 0.4) is 0 Å². The molecule has 0 spiro atoms. The lowest BCUT2D eigenvalue weighted by Gasteiger charge is -2.22. The Kier molecular flexibility index (Phi) is 3.97. The number of anilines is 1. The summed E-state index contributed by atoms with van der Waals surface area (Å²) in [6.07, 6.45) is 1.81. The van der Waals surface area contributed by atoms with Crippen LogP contribution in [0.25, 0.3) is 0 Å². The summed E-state index contributed by atoms with van der Waals surface area (Å²) < 4.78 is 13.5. The number of amides is 1. The van der Waals surface area contributed by atoms with E-state index in [2.05, 4.69) is 10.6 Å². The minimum atomic E-state index is -0.505. The zero-order valence-corrected chi connectivity index (χ0v) is 10.1. The predicted molar refractivity (Wildman–Crippen MR) is 65.6 cm³/mol. The Labute approximate surface area is 104 Å². The van der Waals surface area contributed by atoms with E-state index in [0.29, 0.717) is 11.6 Å². The van der Waals surface area contributed by atoms with E-state index in [1.165, 1.54) is 12.1 Å². The normalized spacial score (nSPS) is 20.0. The smallest absolute Gasteiger partial charge is 0.228 e. The average Bonchev–Trinajstić information content (AvgIpc) is 2.34. The highest BCUT2D eigenvalue weighted by molar-refractivity contribution is 6.30. The first-order valence-electron chi connectivity index (χ1n) is 5.63. The van der Waals surface area contributed by atoms with E-state index in [0.717, 1.165) is 19.4 Å². The van der Waals surface area contributed by atoms with Crippen molar-refractivity contribution in [2.24, 2.45) is 5.92 Å². The van der Waals surface area contributed by atoms with Crippen molar-refractivity contribution in [2.45, 2.75) is 12.8 Å². The maximum absolute atomic E-state index is 13.5. The topological polar surface area (TPSA) is 41.1 Å². The molecule has 92 valence electrons. The van der Waals surface area contributed by atoms with Crippen LogP contribution < -0.4 is 10.6 Å². The molecular formula is C12H14ClFN2O. The predicted octanol–water partition coefficient (Wildman–Crippen LogP) is 2.42. The summed E-state index contributed by atoms with van der Waals surface area (Å²) in [7, 11) is 0. The van der Waals surface area contributed by atoms with Crippen molar-refractivity contribution >= 4 is 23.2 Å². The monoisotopic (exact) mass is 256 g/mol. The molecule has 0 bridgehead atoms. The minimum Gasteiger partial charge on any atom is -0.323 e. The first-order valence-corrected chi connectivity index (χ1v) is 6.01. The lowest BCUT2D eigenvalue weighted by Crippen LogP contribution is -2.37. The highest BCUT2D eigenvalue weighted by Gasteiger charge is 2.21. The number of piperidine rings is 1. The number of benzene rings is 1. The maximum Gasteiger partial charge on any atom is 0.228 e. The summed E-state index contributed by atoms with van der Waals surface area (Å²) in [5, 5.41) is 6.06. The Morgan fingerprint density at radius 1 is 1.53 bits per heavy atom. The van der Waals surface area contributed by atoms with Gasteiger partial charge in [-0.2, -0.15) is 0 Å². The van der Waals surface area contributed by atoms with E-state index in [4.69, 9.17) is 11.6 Å². The first-order chi connectivity index (χ1) is 8.16. The molecule has 3 nitrogen and oxygen atoms in total. The molecule has 1 fully saturated rings. The molecule has 1 heterocycles. The molecule has 0 saturated carbocycles. The van der Waals surface area contributed by atoms with Crippen molar-refractivity contribution in [3.63, 3.8) is 0 Å². The quantitative estimate of drug-likeness (QED) is 0.853. The fourth-order valence-corrected chi connectivity index (χ4v) is 2.06. The van der Waals surface area contributed by atoms with Crippen molar-refractivity contribution in [1.29, 1.82) is 0 Å². The lowest BCUT2D eigenvalue weighted by molar-refractivity contribution is -0.120. The van der Waals surface area contributed by atoms with Crippen molar-refractivity contribution < 1.29 is 9.18 Å². The number of hydrogen-bond acceptors (Lipinski definition) is 2. The van der Waals surface area contributed by atoms with E-state index in [1.807, 2.05) is 0 Å². The third-order valence-corrected chi connectivity index (χ3v) is 3.09. The fourth-order valence-electron chi connectivity index (χ4n) is 1.90. The number of halogens is 2. The fraction of sp³-hybridized carbons (Fsp3) is 0.417. The van der Waals surface area contributed by atoms with Gasteiger partial charge in [0.1, 0.15) is 5.82 Å². The summed E-state index contributed by atoms with van der Waals surface area (Å²) in [6.45, 7) is 1.60. The van der Waals surface area contributed by atoms with E-state index >= 15 is 0 Å². The van der Waals surface area contributed by atoms with Crippen molar-refractivity contribution in [1.82, 2.24) is 5.32 Å². The van der Waals surface area contributed by atoms with Crippen LogP contribution in [-0.4, -0.2) is 19.0 Å². The van der Waals surface area contributed by atoms with Crippen LogP contribution in [0.15, 0.2) is 18.2 Å². The van der Waals surface area contributed by atoms with E-state index in [1.54, 1.807) is 6.07 Å². The molecule has 1 aliphatic rings. The Balaban J connectivity index is 2.02. The molecule has 0 aliphatic carbocycles. The SMILES string of the molecule is O=C(Nc1ccc(Cl)cc1F)[C@@H]1CCCNC1. The average molecular weight is 257 g/mol. The third-order valence-electron chi connectivity index (χ3n) is 2.86. The van der Waals surface area contributed by atoms with Gasteiger partial charge in [0, 0.05) is 11.6 Å². The van der Waals surface area contributed by atoms with Gasteiger partial charge in [-0.1, -0.05) is 11.6 Å². The van der Waals surface area contributed by atoms with Gasteiger partial charge in [0.25, 0.3) is 0 Å². The molecule has 1 aromatic carbocycles. The Morgan fingerprint density at radius 3 is 3.00 bits per heavy atom. The second-order valence-electron chi connectivity index (χ2n) is 4.16. The molecule has 1 saturated heterocycles. The van der Waals surface area contributed by atoms with E-state index in [-0.39, 0.29) is 17.5 Å². The molecule has 2 N–H and O–H groups in total. The van der Waals surface area contributed by atoms with Crippen LogP contribution in [0.1, 0.15) is 12.8 Å². The molecule has 5 heteroatoms. The van der Waals surface area contributed by atoms with Gasteiger partial charge in [0.15, 0.2) is 0 Å². The highest BCUT2D eigenvalue weighted by atomic mass is 35.5. The molecule has 1 aliphatic heterocycles.